The molecule has 2 amide bonds. The standard InChI is InChI=1S/C23H22N2O4/c1-2-29-20-11-7-6-10-19(20)22(26)24-18-14-12-17(13-15-18)21(23(27)25-28)16-8-4-3-5-9-16/h3-15,21,28H,2H2,1H3,(H,24,26)(H,25,27). The lowest BCUT2D eigenvalue weighted by atomic mass is 9.90. The molecule has 0 radical (unpaired) electrons. The molecular formula is C23H22N2O4. The first kappa shape index (κ1) is 20.1. The first-order chi connectivity index (χ1) is 14.1. The zero-order valence-corrected chi connectivity index (χ0v) is 16.0. The summed E-state index contributed by atoms with van der Waals surface area (Å²) in [5.74, 6) is -0.953. The molecule has 3 aromatic rings. The van der Waals surface area contributed by atoms with Gasteiger partial charge >= 0.3 is 0 Å². The summed E-state index contributed by atoms with van der Waals surface area (Å²) in [4.78, 5) is 24.8. The zero-order chi connectivity index (χ0) is 20.6. The van der Waals surface area contributed by atoms with Gasteiger partial charge in [-0.05, 0) is 42.3 Å². The Morgan fingerprint density at radius 2 is 1.52 bits per heavy atom. The Kier molecular flexibility index (Phi) is 6.60. The van der Waals surface area contributed by atoms with Gasteiger partial charge in [-0.25, -0.2) is 5.48 Å². The van der Waals surface area contributed by atoms with E-state index in [9.17, 15) is 9.59 Å². The van der Waals surface area contributed by atoms with E-state index in [2.05, 4.69) is 5.32 Å². The molecule has 1 unspecified atom stereocenters. The highest BCUT2D eigenvalue weighted by molar-refractivity contribution is 6.06. The Labute approximate surface area is 169 Å². The number of hydrogen-bond acceptors (Lipinski definition) is 4. The van der Waals surface area contributed by atoms with Crippen molar-refractivity contribution in [3.8, 4) is 5.75 Å². The predicted octanol–water partition coefficient (Wildman–Crippen LogP) is 3.97. The van der Waals surface area contributed by atoms with E-state index >= 15 is 0 Å². The van der Waals surface area contributed by atoms with Crippen molar-refractivity contribution in [3.05, 3.63) is 95.6 Å². The normalized spacial score (nSPS) is 11.4. The lowest BCUT2D eigenvalue weighted by Crippen LogP contribution is -2.27. The molecule has 0 saturated carbocycles. The molecule has 6 heteroatoms. The Bertz CT molecular complexity index is 972. The zero-order valence-electron chi connectivity index (χ0n) is 16.0. The van der Waals surface area contributed by atoms with Crippen molar-refractivity contribution in [1.82, 2.24) is 5.48 Å². The Morgan fingerprint density at radius 1 is 0.897 bits per heavy atom. The van der Waals surface area contributed by atoms with E-state index in [0.29, 0.717) is 29.2 Å². The van der Waals surface area contributed by atoms with Crippen molar-refractivity contribution in [3.63, 3.8) is 0 Å². The van der Waals surface area contributed by atoms with Gasteiger partial charge < -0.3 is 10.1 Å². The Morgan fingerprint density at radius 3 is 2.17 bits per heavy atom. The van der Waals surface area contributed by atoms with Crippen LogP contribution in [0.15, 0.2) is 78.9 Å². The first-order valence-corrected chi connectivity index (χ1v) is 9.26. The van der Waals surface area contributed by atoms with Gasteiger partial charge in [-0.2, -0.15) is 0 Å². The van der Waals surface area contributed by atoms with Gasteiger partial charge in [0.25, 0.3) is 11.8 Å². The maximum Gasteiger partial charge on any atom is 0.259 e. The molecule has 0 bridgehead atoms. The number of anilines is 1. The summed E-state index contributed by atoms with van der Waals surface area (Å²) in [6, 6.07) is 23.1. The van der Waals surface area contributed by atoms with Crippen LogP contribution in [0.1, 0.15) is 34.3 Å². The predicted molar refractivity (Wildman–Crippen MR) is 110 cm³/mol. The maximum absolute atomic E-state index is 12.6. The number of benzene rings is 3. The molecule has 3 N–H and O–H groups in total. The molecule has 6 nitrogen and oxygen atoms in total. The fourth-order valence-corrected chi connectivity index (χ4v) is 3.10. The van der Waals surface area contributed by atoms with Crippen molar-refractivity contribution in [1.29, 1.82) is 0 Å². The second-order valence-electron chi connectivity index (χ2n) is 6.33. The van der Waals surface area contributed by atoms with Crippen LogP contribution in [0, 0.1) is 0 Å². The molecule has 0 aliphatic heterocycles. The summed E-state index contributed by atoms with van der Waals surface area (Å²) in [6.07, 6.45) is 0. The van der Waals surface area contributed by atoms with Gasteiger partial charge in [0.1, 0.15) is 5.75 Å². The van der Waals surface area contributed by atoms with Crippen LogP contribution in [-0.2, 0) is 4.79 Å². The van der Waals surface area contributed by atoms with Gasteiger partial charge in [-0.15, -0.1) is 0 Å². The summed E-state index contributed by atoms with van der Waals surface area (Å²) in [6.45, 7) is 2.33. The summed E-state index contributed by atoms with van der Waals surface area (Å²) in [5.41, 5.74) is 4.20. The minimum atomic E-state index is -0.662. The highest BCUT2D eigenvalue weighted by Crippen LogP contribution is 2.26. The third-order valence-corrected chi connectivity index (χ3v) is 4.44. The maximum atomic E-state index is 12.6. The van der Waals surface area contributed by atoms with E-state index in [1.165, 1.54) is 0 Å². The molecule has 0 aliphatic rings. The Hall–Kier alpha value is -3.64. The SMILES string of the molecule is CCOc1ccccc1C(=O)Nc1ccc(C(C(=O)NO)c2ccccc2)cc1. The second kappa shape index (κ2) is 9.52. The summed E-state index contributed by atoms with van der Waals surface area (Å²) < 4.78 is 5.51. The lowest BCUT2D eigenvalue weighted by molar-refractivity contribution is -0.129. The molecule has 1 atom stereocenters. The number of nitrogens with one attached hydrogen (secondary N) is 2. The number of rotatable bonds is 7. The van der Waals surface area contributed by atoms with Gasteiger partial charge in [0, 0.05) is 5.69 Å². The van der Waals surface area contributed by atoms with Crippen LogP contribution >= 0.6 is 0 Å². The van der Waals surface area contributed by atoms with Crippen molar-refractivity contribution in [2.24, 2.45) is 0 Å². The van der Waals surface area contributed by atoms with E-state index in [1.807, 2.05) is 43.3 Å². The molecular weight excluding hydrogens is 368 g/mol. The third-order valence-electron chi connectivity index (χ3n) is 4.44. The largest absolute Gasteiger partial charge is 0.493 e. The van der Waals surface area contributed by atoms with E-state index in [-0.39, 0.29) is 5.91 Å². The van der Waals surface area contributed by atoms with Crippen LogP contribution in [0.3, 0.4) is 0 Å². The average molecular weight is 390 g/mol. The summed E-state index contributed by atoms with van der Waals surface area (Å²) >= 11 is 0. The fourth-order valence-electron chi connectivity index (χ4n) is 3.10. The molecule has 0 fully saturated rings. The fraction of sp³-hybridized carbons (Fsp3) is 0.130. The second-order valence-corrected chi connectivity index (χ2v) is 6.33. The van der Waals surface area contributed by atoms with Crippen molar-refractivity contribution < 1.29 is 19.5 Å². The molecule has 3 rings (SSSR count). The molecule has 0 heterocycles. The molecule has 148 valence electrons. The number of carbonyl (C=O) groups excluding carboxylic acids is 2. The van der Waals surface area contributed by atoms with E-state index in [0.717, 1.165) is 5.56 Å². The van der Waals surface area contributed by atoms with Crippen LogP contribution < -0.4 is 15.5 Å². The smallest absolute Gasteiger partial charge is 0.259 e. The Balaban J connectivity index is 1.81. The lowest BCUT2D eigenvalue weighted by Gasteiger charge is -2.16. The average Bonchev–Trinajstić information content (AvgIpc) is 2.76. The van der Waals surface area contributed by atoms with Crippen LogP contribution in [0.25, 0.3) is 0 Å². The number of ether oxygens (including phenoxy) is 1. The third kappa shape index (κ3) is 4.80. The van der Waals surface area contributed by atoms with Crippen LogP contribution in [0.4, 0.5) is 5.69 Å². The first-order valence-electron chi connectivity index (χ1n) is 9.26. The van der Waals surface area contributed by atoms with Crippen LogP contribution in [0.5, 0.6) is 5.75 Å². The number of hydroxylamine groups is 1. The molecule has 29 heavy (non-hydrogen) atoms. The molecule has 0 aliphatic carbocycles. The van der Waals surface area contributed by atoms with Gasteiger partial charge in [0.2, 0.25) is 0 Å². The summed E-state index contributed by atoms with van der Waals surface area (Å²) in [5, 5.41) is 12.0. The van der Waals surface area contributed by atoms with Crippen molar-refractivity contribution in [2.45, 2.75) is 12.8 Å². The van der Waals surface area contributed by atoms with E-state index < -0.39 is 11.8 Å². The van der Waals surface area contributed by atoms with Gasteiger partial charge in [0.15, 0.2) is 0 Å². The van der Waals surface area contributed by atoms with E-state index in [4.69, 9.17) is 9.94 Å². The van der Waals surface area contributed by atoms with Crippen molar-refractivity contribution in [2.75, 3.05) is 11.9 Å². The van der Waals surface area contributed by atoms with Crippen molar-refractivity contribution >= 4 is 17.5 Å². The number of carbonyl (C=O) groups is 2. The van der Waals surface area contributed by atoms with E-state index in [1.54, 1.807) is 47.9 Å². The highest BCUT2D eigenvalue weighted by atomic mass is 16.5. The minimum absolute atomic E-state index is 0.283. The quantitative estimate of drug-likeness (QED) is 0.421. The van der Waals surface area contributed by atoms with Gasteiger partial charge in [0.05, 0.1) is 18.1 Å². The molecule has 0 spiro atoms. The minimum Gasteiger partial charge on any atom is -0.493 e. The highest BCUT2D eigenvalue weighted by Gasteiger charge is 2.22. The molecule has 0 aromatic heterocycles. The van der Waals surface area contributed by atoms with Crippen LogP contribution in [-0.4, -0.2) is 23.6 Å². The topological polar surface area (TPSA) is 87.7 Å². The number of para-hydroxylation sites is 1. The number of amides is 2. The van der Waals surface area contributed by atoms with Gasteiger partial charge in [-0.1, -0.05) is 54.6 Å². The summed E-state index contributed by atoms with van der Waals surface area (Å²) in [7, 11) is 0. The molecule has 0 saturated heterocycles. The molecule has 3 aromatic carbocycles. The monoisotopic (exact) mass is 390 g/mol. The number of hydrogen-bond donors (Lipinski definition) is 3. The van der Waals surface area contributed by atoms with Crippen LogP contribution in [0.2, 0.25) is 0 Å². The van der Waals surface area contributed by atoms with Gasteiger partial charge in [-0.3, -0.25) is 14.8 Å².